The van der Waals surface area contributed by atoms with E-state index >= 15 is 0 Å². The van der Waals surface area contributed by atoms with Crippen LogP contribution >= 0.6 is 0 Å². The fourth-order valence-corrected chi connectivity index (χ4v) is 1.37. The second-order valence-corrected chi connectivity index (χ2v) is 3.17. The summed E-state index contributed by atoms with van der Waals surface area (Å²) in [5.74, 6) is 0. The van der Waals surface area contributed by atoms with Crippen LogP contribution in [0.5, 0.6) is 0 Å². The molecule has 0 saturated heterocycles. The van der Waals surface area contributed by atoms with Gasteiger partial charge in [0.05, 0.1) is 0 Å². The zero-order chi connectivity index (χ0) is 9.26. The fourth-order valence-electron chi connectivity index (χ4n) is 1.37. The molecule has 0 spiro atoms. The van der Waals surface area contributed by atoms with Gasteiger partial charge in [0.2, 0.25) is 6.67 Å². The van der Waals surface area contributed by atoms with Gasteiger partial charge in [-0.05, 0) is 18.6 Å². The molecule has 0 amide bonds. The third-order valence-electron chi connectivity index (χ3n) is 2.08. The van der Waals surface area contributed by atoms with Gasteiger partial charge < -0.3 is 9.80 Å². The number of benzene rings is 1. The van der Waals surface area contributed by atoms with Gasteiger partial charge in [-0.2, -0.15) is 0 Å². The summed E-state index contributed by atoms with van der Waals surface area (Å²) < 4.78 is 0. The molecule has 2 rings (SSSR count). The monoisotopic (exact) mass is 172 g/mol. The van der Waals surface area contributed by atoms with Crippen molar-refractivity contribution in [2.45, 2.75) is 6.92 Å². The van der Waals surface area contributed by atoms with Crippen LogP contribution in [-0.4, -0.2) is 11.9 Å². The van der Waals surface area contributed by atoms with Crippen LogP contribution in [0.1, 0.15) is 5.56 Å². The van der Waals surface area contributed by atoms with E-state index in [1.807, 2.05) is 41.4 Å². The molecule has 0 fully saturated rings. The van der Waals surface area contributed by atoms with Crippen molar-refractivity contribution in [3.8, 4) is 0 Å². The minimum absolute atomic E-state index is 1.18. The van der Waals surface area contributed by atoms with E-state index in [9.17, 15) is 0 Å². The SMILES string of the molecule is Cc1ccccc1N1[C]N(C)C=C1. The van der Waals surface area contributed by atoms with Gasteiger partial charge in [0.15, 0.2) is 0 Å². The number of para-hydroxylation sites is 1. The first-order valence-corrected chi connectivity index (χ1v) is 4.30. The predicted octanol–water partition coefficient (Wildman–Crippen LogP) is 2.21. The average Bonchev–Trinajstić information content (AvgIpc) is 2.53. The summed E-state index contributed by atoms with van der Waals surface area (Å²) in [5, 5.41) is 0. The average molecular weight is 172 g/mol. The van der Waals surface area contributed by atoms with E-state index in [0.717, 1.165) is 0 Å². The minimum atomic E-state index is 1.18. The zero-order valence-electron chi connectivity index (χ0n) is 7.86. The number of anilines is 1. The van der Waals surface area contributed by atoms with E-state index < -0.39 is 0 Å². The van der Waals surface area contributed by atoms with Crippen LogP contribution in [0.4, 0.5) is 5.69 Å². The molecule has 0 atom stereocenters. The number of hydrogen-bond acceptors (Lipinski definition) is 2. The third-order valence-corrected chi connectivity index (χ3v) is 2.08. The summed E-state index contributed by atoms with van der Waals surface area (Å²) in [7, 11) is 1.97. The summed E-state index contributed by atoms with van der Waals surface area (Å²) in [6.07, 6.45) is 3.98. The molecule has 2 nitrogen and oxygen atoms in total. The van der Waals surface area contributed by atoms with Gasteiger partial charge in [-0.3, -0.25) is 0 Å². The first-order valence-electron chi connectivity index (χ1n) is 4.30. The number of nitrogens with zero attached hydrogens (tertiary/aromatic N) is 2. The molecule has 1 aliphatic heterocycles. The van der Waals surface area contributed by atoms with Crippen molar-refractivity contribution < 1.29 is 0 Å². The molecule has 0 aliphatic carbocycles. The van der Waals surface area contributed by atoms with Crippen LogP contribution < -0.4 is 4.90 Å². The molecule has 1 aromatic rings. The Hall–Kier alpha value is -1.44. The second-order valence-electron chi connectivity index (χ2n) is 3.17. The quantitative estimate of drug-likeness (QED) is 0.640. The van der Waals surface area contributed by atoms with E-state index in [1.54, 1.807) is 0 Å². The van der Waals surface area contributed by atoms with Crippen molar-refractivity contribution in [1.82, 2.24) is 4.90 Å². The van der Waals surface area contributed by atoms with E-state index in [-0.39, 0.29) is 0 Å². The molecule has 2 heteroatoms. The lowest BCUT2D eigenvalue weighted by Gasteiger charge is -2.17. The molecule has 66 valence electrons. The summed E-state index contributed by atoms with van der Waals surface area (Å²) in [6, 6.07) is 8.27. The van der Waals surface area contributed by atoms with Crippen molar-refractivity contribution in [2.24, 2.45) is 0 Å². The lowest BCUT2D eigenvalue weighted by molar-refractivity contribution is 0.574. The number of rotatable bonds is 1. The van der Waals surface area contributed by atoms with Gasteiger partial charge in [0.25, 0.3) is 0 Å². The molecule has 0 bridgehead atoms. The maximum atomic E-state index is 3.17. The molecule has 1 aromatic carbocycles. The minimum Gasteiger partial charge on any atom is -0.349 e. The van der Waals surface area contributed by atoms with Gasteiger partial charge in [-0.1, -0.05) is 18.2 Å². The summed E-state index contributed by atoms with van der Waals surface area (Å²) >= 11 is 0. The first-order chi connectivity index (χ1) is 6.27. The Morgan fingerprint density at radius 2 is 1.92 bits per heavy atom. The molecular formula is C11H12N2. The second kappa shape index (κ2) is 3.13. The maximum Gasteiger partial charge on any atom is 0.212 e. The van der Waals surface area contributed by atoms with Gasteiger partial charge in [0, 0.05) is 25.1 Å². The first kappa shape index (κ1) is 8.17. The van der Waals surface area contributed by atoms with Crippen LogP contribution in [-0.2, 0) is 0 Å². The molecule has 2 radical (unpaired) electrons. The van der Waals surface area contributed by atoms with Crippen molar-refractivity contribution in [1.29, 1.82) is 0 Å². The summed E-state index contributed by atoms with van der Waals surface area (Å²) in [5.41, 5.74) is 2.44. The highest BCUT2D eigenvalue weighted by Crippen LogP contribution is 2.24. The molecule has 0 unspecified atom stereocenters. The molecular weight excluding hydrogens is 160 g/mol. The van der Waals surface area contributed by atoms with Crippen molar-refractivity contribution in [3.05, 3.63) is 48.9 Å². The van der Waals surface area contributed by atoms with Crippen LogP contribution in [0.2, 0.25) is 0 Å². The molecule has 0 aromatic heterocycles. The van der Waals surface area contributed by atoms with Gasteiger partial charge in [-0.25, -0.2) is 0 Å². The Morgan fingerprint density at radius 3 is 2.54 bits per heavy atom. The molecule has 0 N–H and O–H groups in total. The van der Waals surface area contributed by atoms with Crippen LogP contribution in [0, 0.1) is 13.6 Å². The highest BCUT2D eigenvalue weighted by Gasteiger charge is 2.13. The molecule has 0 saturated carbocycles. The Morgan fingerprint density at radius 1 is 1.15 bits per heavy atom. The summed E-state index contributed by atoms with van der Waals surface area (Å²) in [6.45, 7) is 5.27. The number of aryl methyl sites for hydroxylation is 1. The highest BCUT2D eigenvalue weighted by molar-refractivity contribution is 5.57. The van der Waals surface area contributed by atoms with Crippen molar-refractivity contribution in [3.63, 3.8) is 0 Å². The van der Waals surface area contributed by atoms with Gasteiger partial charge >= 0.3 is 0 Å². The lowest BCUT2D eigenvalue weighted by atomic mass is 10.2. The van der Waals surface area contributed by atoms with E-state index in [1.165, 1.54) is 11.3 Å². The largest absolute Gasteiger partial charge is 0.349 e. The standard InChI is InChI=1S/C11H12N2/c1-10-5-3-4-6-11(10)13-8-7-12(2)9-13/h3-8H,1-2H3. The normalized spacial score (nSPS) is 15.5. The van der Waals surface area contributed by atoms with Gasteiger partial charge in [0.1, 0.15) is 0 Å². The van der Waals surface area contributed by atoms with Crippen LogP contribution in [0.3, 0.4) is 0 Å². The number of hydrogen-bond donors (Lipinski definition) is 0. The zero-order valence-corrected chi connectivity index (χ0v) is 7.86. The van der Waals surface area contributed by atoms with Crippen LogP contribution in [0.15, 0.2) is 36.7 Å². The van der Waals surface area contributed by atoms with Gasteiger partial charge in [-0.15, -0.1) is 0 Å². The lowest BCUT2D eigenvalue weighted by Crippen LogP contribution is -2.15. The van der Waals surface area contributed by atoms with E-state index in [4.69, 9.17) is 0 Å². The molecule has 13 heavy (non-hydrogen) atoms. The summed E-state index contributed by atoms with van der Waals surface area (Å²) in [4.78, 5) is 3.90. The predicted molar refractivity (Wildman–Crippen MR) is 53.8 cm³/mol. The Balaban J connectivity index is 2.27. The van der Waals surface area contributed by atoms with Crippen molar-refractivity contribution in [2.75, 3.05) is 11.9 Å². The molecule has 1 aliphatic rings. The smallest absolute Gasteiger partial charge is 0.212 e. The maximum absolute atomic E-state index is 3.17. The van der Waals surface area contributed by atoms with E-state index in [0.29, 0.717) is 0 Å². The topological polar surface area (TPSA) is 6.48 Å². The van der Waals surface area contributed by atoms with E-state index in [2.05, 4.69) is 25.7 Å². The Bertz CT molecular complexity index is 331. The third kappa shape index (κ3) is 1.52. The van der Waals surface area contributed by atoms with Crippen LogP contribution in [0.25, 0.3) is 0 Å². The Labute approximate surface area is 79.1 Å². The fraction of sp³-hybridized carbons (Fsp3) is 0.182. The Kier molecular flexibility index (Phi) is 1.97. The van der Waals surface area contributed by atoms with Crippen molar-refractivity contribution >= 4 is 5.69 Å². The molecule has 1 heterocycles. The highest BCUT2D eigenvalue weighted by atomic mass is 15.3.